The smallest absolute Gasteiger partial charge is 0.326 e. The number of H-pyrrole nitrogens is 1. The minimum absolute atomic E-state index is 0.0403. The quantitative estimate of drug-likeness (QED) is 0.563. The predicted molar refractivity (Wildman–Crippen MR) is 135 cm³/mol. The number of rotatable bonds is 7. The highest BCUT2D eigenvalue weighted by atomic mass is 16.5. The fraction of sp³-hybridized carbons (Fsp3) is 0.481. The van der Waals surface area contributed by atoms with Crippen LogP contribution in [0.3, 0.4) is 0 Å². The van der Waals surface area contributed by atoms with E-state index in [1.54, 1.807) is 26.4 Å². The second-order valence-electron chi connectivity index (χ2n) is 9.88. The molecular formula is C27H34N4O4. The minimum Gasteiger partial charge on any atom is -0.493 e. The first-order chi connectivity index (χ1) is 17.0. The van der Waals surface area contributed by atoms with Crippen molar-refractivity contribution in [2.45, 2.75) is 32.2 Å². The van der Waals surface area contributed by atoms with E-state index in [-0.39, 0.29) is 17.0 Å². The van der Waals surface area contributed by atoms with E-state index in [4.69, 9.17) is 9.47 Å². The third kappa shape index (κ3) is 4.67. The Hall–Kier alpha value is -3.26. The van der Waals surface area contributed by atoms with Crippen LogP contribution in [0.1, 0.15) is 36.0 Å². The van der Waals surface area contributed by atoms with Crippen molar-refractivity contribution in [3.63, 3.8) is 0 Å². The maximum absolute atomic E-state index is 13.2. The Labute approximate surface area is 205 Å². The summed E-state index contributed by atoms with van der Waals surface area (Å²) in [6.07, 6.45) is 4.25. The molecule has 1 spiro atoms. The number of amides is 1. The minimum atomic E-state index is -0.0403. The fourth-order valence-electron chi connectivity index (χ4n) is 5.88. The van der Waals surface area contributed by atoms with Crippen LogP contribution in [0.25, 0.3) is 11.0 Å². The van der Waals surface area contributed by atoms with Crippen LogP contribution in [0.4, 0.5) is 0 Å². The Kier molecular flexibility index (Phi) is 6.56. The van der Waals surface area contributed by atoms with E-state index in [2.05, 4.69) is 9.88 Å². The molecule has 3 heterocycles. The van der Waals surface area contributed by atoms with Gasteiger partial charge in [-0.2, -0.15) is 0 Å². The standard InChI is InChI=1S/C27H34N4O4/c1-34-23-10-9-20(17-24(23)35-2)25(32)30-16-12-27(19-30)11-5-13-29(18-27)14-6-15-31-22-8-4-3-7-21(22)28-26(31)33/h3-4,7-10,17H,5-6,11-16,18-19H2,1-2H3,(H,28,33). The number of carbonyl (C=O) groups excluding carboxylic acids is 1. The van der Waals surface area contributed by atoms with Gasteiger partial charge < -0.3 is 24.3 Å². The monoisotopic (exact) mass is 478 g/mol. The van der Waals surface area contributed by atoms with Crippen molar-refractivity contribution in [1.29, 1.82) is 0 Å². The normalized spacial score (nSPS) is 20.6. The number of aromatic amines is 1. The number of hydrogen-bond donors (Lipinski definition) is 1. The van der Waals surface area contributed by atoms with Crippen LogP contribution < -0.4 is 15.2 Å². The molecule has 2 fully saturated rings. The molecule has 3 aromatic rings. The number of carbonyl (C=O) groups is 1. The lowest BCUT2D eigenvalue weighted by molar-refractivity contribution is 0.0685. The van der Waals surface area contributed by atoms with E-state index in [1.807, 2.05) is 39.8 Å². The van der Waals surface area contributed by atoms with E-state index in [0.29, 0.717) is 23.6 Å². The predicted octanol–water partition coefficient (Wildman–Crippen LogP) is 3.37. The number of methoxy groups -OCH3 is 2. The van der Waals surface area contributed by atoms with E-state index < -0.39 is 0 Å². The second-order valence-corrected chi connectivity index (χ2v) is 9.88. The van der Waals surface area contributed by atoms with Crippen molar-refractivity contribution >= 4 is 16.9 Å². The summed E-state index contributed by atoms with van der Waals surface area (Å²) < 4.78 is 12.5. The molecule has 2 aliphatic heterocycles. The molecule has 0 saturated carbocycles. The maximum atomic E-state index is 13.2. The number of likely N-dealkylation sites (tertiary alicyclic amines) is 2. The van der Waals surface area contributed by atoms with Gasteiger partial charge in [-0.1, -0.05) is 12.1 Å². The molecule has 2 aliphatic rings. The first kappa shape index (κ1) is 23.5. The van der Waals surface area contributed by atoms with Gasteiger partial charge in [0.2, 0.25) is 0 Å². The summed E-state index contributed by atoms with van der Waals surface area (Å²) in [5, 5.41) is 0. The number of ether oxygens (including phenoxy) is 2. The number of piperidine rings is 1. The van der Waals surface area contributed by atoms with Crippen LogP contribution in [0.5, 0.6) is 11.5 Å². The molecule has 8 heteroatoms. The first-order valence-electron chi connectivity index (χ1n) is 12.4. The molecule has 1 amide bonds. The van der Waals surface area contributed by atoms with Crippen LogP contribution >= 0.6 is 0 Å². The number of aryl methyl sites for hydroxylation is 1. The summed E-state index contributed by atoms with van der Waals surface area (Å²) in [4.78, 5) is 33.1. The summed E-state index contributed by atoms with van der Waals surface area (Å²) in [5.41, 5.74) is 2.60. The molecule has 1 N–H and O–H groups in total. The Morgan fingerprint density at radius 2 is 1.83 bits per heavy atom. The molecule has 35 heavy (non-hydrogen) atoms. The number of aromatic nitrogens is 2. The molecular weight excluding hydrogens is 444 g/mol. The first-order valence-corrected chi connectivity index (χ1v) is 12.4. The molecule has 1 atom stereocenters. The summed E-state index contributed by atoms with van der Waals surface area (Å²) >= 11 is 0. The lowest BCUT2D eigenvalue weighted by Gasteiger charge is -2.40. The van der Waals surface area contributed by atoms with Gasteiger partial charge in [-0.15, -0.1) is 0 Å². The van der Waals surface area contributed by atoms with Crippen molar-refractivity contribution < 1.29 is 14.3 Å². The van der Waals surface area contributed by atoms with Crippen molar-refractivity contribution in [2.75, 3.05) is 46.9 Å². The van der Waals surface area contributed by atoms with Gasteiger partial charge in [0.15, 0.2) is 11.5 Å². The number of benzene rings is 2. The zero-order valence-electron chi connectivity index (χ0n) is 20.6. The van der Waals surface area contributed by atoms with Gasteiger partial charge in [0, 0.05) is 37.2 Å². The maximum Gasteiger partial charge on any atom is 0.326 e. The van der Waals surface area contributed by atoms with Gasteiger partial charge in [-0.25, -0.2) is 4.79 Å². The lowest BCUT2D eigenvalue weighted by atomic mass is 9.79. The van der Waals surface area contributed by atoms with Gasteiger partial charge in [-0.05, 0) is 69.1 Å². The Bertz CT molecular complexity index is 1270. The van der Waals surface area contributed by atoms with E-state index in [9.17, 15) is 9.59 Å². The average Bonchev–Trinajstić information content (AvgIpc) is 3.43. The number of fused-ring (bicyclic) bond motifs is 1. The zero-order chi connectivity index (χ0) is 24.4. The second kappa shape index (κ2) is 9.77. The van der Waals surface area contributed by atoms with Crippen molar-refractivity contribution in [3.05, 3.63) is 58.5 Å². The highest BCUT2D eigenvalue weighted by Gasteiger charge is 2.42. The molecule has 0 bridgehead atoms. The van der Waals surface area contributed by atoms with E-state index in [0.717, 1.165) is 69.4 Å². The van der Waals surface area contributed by atoms with Gasteiger partial charge >= 0.3 is 5.69 Å². The van der Waals surface area contributed by atoms with Gasteiger partial charge in [0.05, 0.1) is 25.3 Å². The Balaban J connectivity index is 1.19. The molecule has 2 saturated heterocycles. The van der Waals surface area contributed by atoms with E-state index >= 15 is 0 Å². The van der Waals surface area contributed by atoms with Gasteiger partial charge in [-0.3, -0.25) is 9.36 Å². The van der Waals surface area contributed by atoms with Crippen molar-refractivity contribution in [2.24, 2.45) is 5.41 Å². The van der Waals surface area contributed by atoms with Crippen LogP contribution in [-0.2, 0) is 6.54 Å². The van der Waals surface area contributed by atoms with Crippen molar-refractivity contribution in [1.82, 2.24) is 19.4 Å². The number of para-hydroxylation sites is 2. The average molecular weight is 479 g/mol. The van der Waals surface area contributed by atoms with Crippen molar-refractivity contribution in [3.8, 4) is 11.5 Å². The molecule has 1 unspecified atom stereocenters. The summed E-state index contributed by atoms with van der Waals surface area (Å²) in [5.74, 6) is 1.25. The third-order valence-electron chi connectivity index (χ3n) is 7.63. The lowest BCUT2D eigenvalue weighted by Crippen LogP contribution is -2.45. The fourth-order valence-corrected chi connectivity index (χ4v) is 5.88. The number of hydrogen-bond acceptors (Lipinski definition) is 5. The molecule has 5 rings (SSSR count). The molecule has 0 aliphatic carbocycles. The van der Waals surface area contributed by atoms with Crippen LogP contribution in [0.15, 0.2) is 47.3 Å². The number of nitrogens with one attached hydrogen (secondary N) is 1. The summed E-state index contributed by atoms with van der Waals surface area (Å²) in [6, 6.07) is 13.2. The number of imidazole rings is 1. The summed E-state index contributed by atoms with van der Waals surface area (Å²) in [7, 11) is 3.18. The van der Waals surface area contributed by atoms with E-state index in [1.165, 1.54) is 0 Å². The topological polar surface area (TPSA) is 79.8 Å². The highest BCUT2D eigenvalue weighted by molar-refractivity contribution is 5.95. The zero-order valence-corrected chi connectivity index (χ0v) is 20.6. The SMILES string of the molecule is COc1ccc(C(=O)N2CCC3(CCCN(CCCn4c(=O)[nH]c5ccccc54)C3)C2)cc1OC. The van der Waals surface area contributed by atoms with Crippen LogP contribution in [0, 0.1) is 5.41 Å². The largest absolute Gasteiger partial charge is 0.493 e. The number of nitrogens with zero attached hydrogens (tertiary/aromatic N) is 3. The van der Waals surface area contributed by atoms with Gasteiger partial charge in [0.1, 0.15) is 0 Å². The Morgan fingerprint density at radius 1 is 1.00 bits per heavy atom. The van der Waals surface area contributed by atoms with Crippen LogP contribution in [-0.4, -0.2) is 72.2 Å². The summed E-state index contributed by atoms with van der Waals surface area (Å²) in [6.45, 7) is 5.32. The molecule has 186 valence electrons. The third-order valence-corrected chi connectivity index (χ3v) is 7.63. The molecule has 1 aromatic heterocycles. The highest BCUT2D eigenvalue weighted by Crippen LogP contribution is 2.40. The molecule has 0 radical (unpaired) electrons. The van der Waals surface area contributed by atoms with Gasteiger partial charge in [0.25, 0.3) is 5.91 Å². The Morgan fingerprint density at radius 3 is 2.66 bits per heavy atom. The molecule has 8 nitrogen and oxygen atoms in total. The molecule has 2 aromatic carbocycles. The van der Waals surface area contributed by atoms with Crippen LogP contribution in [0.2, 0.25) is 0 Å².